The zero-order valence-electron chi connectivity index (χ0n) is 13.4. The number of aliphatic hydroxyl groups is 1. The second kappa shape index (κ2) is 8.85. The van der Waals surface area contributed by atoms with Crippen LogP contribution in [-0.4, -0.2) is 23.9 Å². The minimum Gasteiger partial charge on any atom is -0.392 e. The Balaban J connectivity index is 1.72. The van der Waals surface area contributed by atoms with Crippen LogP contribution in [0.15, 0.2) is 54.6 Å². The molecule has 0 aromatic heterocycles. The van der Waals surface area contributed by atoms with Gasteiger partial charge in [-0.05, 0) is 29.5 Å². The van der Waals surface area contributed by atoms with Crippen LogP contribution in [0.2, 0.25) is 0 Å². The summed E-state index contributed by atoms with van der Waals surface area (Å²) in [5.74, 6) is 0. The van der Waals surface area contributed by atoms with E-state index in [2.05, 4.69) is 5.32 Å². The van der Waals surface area contributed by atoms with E-state index in [9.17, 15) is 18.3 Å². The first-order valence-corrected chi connectivity index (χ1v) is 8.00. The number of aryl methyl sites for hydroxylation is 1. The van der Waals surface area contributed by atoms with E-state index in [4.69, 9.17) is 0 Å². The molecule has 2 aromatic rings. The van der Waals surface area contributed by atoms with E-state index < -0.39 is 18.7 Å². The van der Waals surface area contributed by atoms with Gasteiger partial charge in [-0.1, -0.05) is 54.6 Å². The first kappa shape index (κ1) is 18.5. The smallest absolute Gasteiger partial charge is 0.392 e. The van der Waals surface area contributed by atoms with Gasteiger partial charge in [-0.15, -0.1) is 0 Å². The highest BCUT2D eigenvalue weighted by Crippen LogP contribution is 2.21. The van der Waals surface area contributed by atoms with Crippen molar-refractivity contribution in [2.24, 2.45) is 0 Å². The van der Waals surface area contributed by atoms with Crippen molar-refractivity contribution in [2.75, 3.05) is 6.54 Å². The molecule has 0 saturated carbocycles. The van der Waals surface area contributed by atoms with Gasteiger partial charge in [0.05, 0.1) is 12.5 Å². The Morgan fingerprint density at radius 2 is 1.58 bits per heavy atom. The van der Waals surface area contributed by atoms with Crippen molar-refractivity contribution in [3.05, 3.63) is 71.3 Å². The van der Waals surface area contributed by atoms with Gasteiger partial charge in [0.1, 0.15) is 0 Å². The van der Waals surface area contributed by atoms with Crippen LogP contribution in [-0.2, 0) is 19.4 Å². The third-order valence-electron chi connectivity index (χ3n) is 3.71. The maximum Gasteiger partial charge on any atom is 0.393 e. The van der Waals surface area contributed by atoms with E-state index in [1.165, 1.54) is 11.6 Å². The van der Waals surface area contributed by atoms with E-state index >= 15 is 0 Å². The highest BCUT2D eigenvalue weighted by molar-refractivity contribution is 5.24. The lowest BCUT2D eigenvalue weighted by atomic mass is 10.1. The Hall–Kier alpha value is -1.85. The zero-order chi connectivity index (χ0) is 17.4. The molecule has 5 heteroatoms. The maximum atomic E-state index is 12.4. The molecule has 2 aromatic carbocycles. The van der Waals surface area contributed by atoms with Crippen LogP contribution >= 0.6 is 0 Å². The quantitative estimate of drug-likeness (QED) is 0.766. The molecule has 0 aliphatic carbocycles. The topological polar surface area (TPSA) is 32.3 Å². The van der Waals surface area contributed by atoms with Gasteiger partial charge < -0.3 is 10.4 Å². The van der Waals surface area contributed by atoms with Crippen molar-refractivity contribution in [3.8, 4) is 0 Å². The Bertz CT molecular complexity index is 614. The summed E-state index contributed by atoms with van der Waals surface area (Å²) in [5, 5.41) is 13.1. The summed E-state index contributed by atoms with van der Waals surface area (Å²) >= 11 is 0. The fraction of sp³-hybridized carbons (Fsp3) is 0.368. The fourth-order valence-electron chi connectivity index (χ4n) is 2.54. The monoisotopic (exact) mass is 337 g/mol. The van der Waals surface area contributed by atoms with Gasteiger partial charge in [0, 0.05) is 13.1 Å². The number of aliphatic hydroxyl groups excluding tert-OH is 1. The zero-order valence-corrected chi connectivity index (χ0v) is 13.4. The molecule has 0 amide bonds. The molecule has 2 N–H and O–H groups in total. The summed E-state index contributed by atoms with van der Waals surface area (Å²) in [5.41, 5.74) is 2.22. The molecule has 0 aliphatic heterocycles. The molecular formula is C19H22F3NO. The van der Waals surface area contributed by atoms with Gasteiger partial charge in [0.2, 0.25) is 0 Å². The summed E-state index contributed by atoms with van der Waals surface area (Å²) in [6.07, 6.45) is -4.15. The van der Waals surface area contributed by atoms with E-state index in [0.29, 0.717) is 19.5 Å². The third kappa shape index (κ3) is 7.15. The highest BCUT2D eigenvalue weighted by atomic mass is 19.4. The largest absolute Gasteiger partial charge is 0.393 e. The van der Waals surface area contributed by atoms with Gasteiger partial charge in [-0.2, -0.15) is 13.2 Å². The lowest BCUT2D eigenvalue weighted by Gasteiger charge is -2.13. The minimum absolute atomic E-state index is 0.256. The van der Waals surface area contributed by atoms with Crippen molar-refractivity contribution < 1.29 is 18.3 Å². The second-order valence-corrected chi connectivity index (χ2v) is 5.92. The Morgan fingerprint density at radius 3 is 2.29 bits per heavy atom. The van der Waals surface area contributed by atoms with Crippen molar-refractivity contribution >= 4 is 0 Å². The average Bonchev–Trinajstić information content (AvgIpc) is 2.53. The normalized spacial score (nSPS) is 13.0. The summed E-state index contributed by atoms with van der Waals surface area (Å²) in [7, 11) is 0. The summed E-state index contributed by atoms with van der Waals surface area (Å²) in [4.78, 5) is 0. The Labute approximate surface area is 140 Å². The van der Waals surface area contributed by atoms with E-state index in [1.807, 2.05) is 30.3 Å². The number of rotatable bonds is 8. The molecule has 2 nitrogen and oxygen atoms in total. The predicted molar refractivity (Wildman–Crippen MR) is 88.7 cm³/mol. The molecule has 0 fully saturated rings. The van der Waals surface area contributed by atoms with Gasteiger partial charge in [0.25, 0.3) is 0 Å². The highest BCUT2D eigenvalue weighted by Gasteiger charge is 2.27. The van der Waals surface area contributed by atoms with Crippen LogP contribution in [0.25, 0.3) is 0 Å². The maximum absolute atomic E-state index is 12.4. The molecule has 0 unspecified atom stereocenters. The van der Waals surface area contributed by atoms with Crippen LogP contribution in [0, 0.1) is 0 Å². The second-order valence-electron chi connectivity index (χ2n) is 5.92. The van der Waals surface area contributed by atoms with Gasteiger partial charge in [-0.25, -0.2) is 0 Å². The molecule has 24 heavy (non-hydrogen) atoms. The van der Waals surface area contributed by atoms with E-state index in [-0.39, 0.29) is 5.56 Å². The lowest BCUT2D eigenvalue weighted by Crippen LogP contribution is -2.26. The van der Waals surface area contributed by atoms with Crippen LogP contribution < -0.4 is 5.32 Å². The number of alkyl halides is 3. The number of hydrogen-bond acceptors (Lipinski definition) is 2. The molecular weight excluding hydrogens is 315 g/mol. The van der Waals surface area contributed by atoms with E-state index in [0.717, 1.165) is 12.0 Å². The molecule has 0 heterocycles. The fourth-order valence-corrected chi connectivity index (χ4v) is 2.54. The van der Waals surface area contributed by atoms with Crippen LogP contribution in [0.1, 0.15) is 23.1 Å². The number of nitrogens with one attached hydrogen (secondary N) is 1. The number of benzene rings is 2. The van der Waals surface area contributed by atoms with Crippen molar-refractivity contribution in [2.45, 2.75) is 38.1 Å². The molecule has 0 radical (unpaired) electrons. The van der Waals surface area contributed by atoms with Gasteiger partial charge >= 0.3 is 6.18 Å². The molecule has 0 saturated heterocycles. The molecule has 0 aliphatic rings. The van der Waals surface area contributed by atoms with Crippen LogP contribution in [0.5, 0.6) is 0 Å². The van der Waals surface area contributed by atoms with Crippen molar-refractivity contribution in [1.29, 1.82) is 0 Å². The molecule has 1 atom stereocenters. The molecule has 130 valence electrons. The standard InChI is InChI=1S/C19H22F3NO/c20-19(21,22)12-16-7-4-8-17(11-16)13-23-14-18(24)10-9-15-5-2-1-3-6-15/h1-8,11,18,23-24H,9-10,12-14H2/t18-/m0/s1. The SMILES string of the molecule is O[C@@H](CCc1ccccc1)CNCc1cccc(CC(F)(F)F)c1. The molecule has 2 rings (SSSR count). The summed E-state index contributed by atoms with van der Waals surface area (Å²) in [6, 6.07) is 16.4. The first-order chi connectivity index (χ1) is 11.4. The van der Waals surface area contributed by atoms with Crippen LogP contribution in [0.3, 0.4) is 0 Å². The van der Waals surface area contributed by atoms with E-state index in [1.54, 1.807) is 18.2 Å². The number of hydrogen-bond donors (Lipinski definition) is 2. The van der Waals surface area contributed by atoms with Gasteiger partial charge in [0.15, 0.2) is 0 Å². The van der Waals surface area contributed by atoms with Gasteiger partial charge in [-0.3, -0.25) is 0 Å². The number of halogens is 3. The Morgan fingerprint density at radius 1 is 0.917 bits per heavy atom. The summed E-state index contributed by atoms with van der Waals surface area (Å²) < 4.78 is 37.2. The Kier molecular flexibility index (Phi) is 6.82. The third-order valence-corrected chi connectivity index (χ3v) is 3.71. The predicted octanol–water partition coefficient (Wildman–Crippen LogP) is 3.87. The van der Waals surface area contributed by atoms with Crippen molar-refractivity contribution in [1.82, 2.24) is 5.32 Å². The average molecular weight is 337 g/mol. The molecule has 0 spiro atoms. The minimum atomic E-state index is -4.19. The van der Waals surface area contributed by atoms with Crippen LogP contribution in [0.4, 0.5) is 13.2 Å². The lowest BCUT2D eigenvalue weighted by molar-refractivity contribution is -0.127. The summed E-state index contributed by atoms with van der Waals surface area (Å²) in [6.45, 7) is 0.852. The molecule has 0 bridgehead atoms. The van der Waals surface area contributed by atoms with Crippen molar-refractivity contribution in [3.63, 3.8) is 0 Å². The first-order valence-electron chi connectivity index (χ1n) is 8.00.